The van der Waals surface area contributed by atoms with Crippen LogP contribution in [-0.4, -0.2) is 98.0 Å². The summed E-state index contributed by atoms with van der Waals surface area (Å²) in [6.45, 7) is 0.403. The van der Waals surface area contributed by atoms with E-state index in [0.29, 0.717) is 25.7 Å². The number of carbonyl (C=O) groups is 6. The maximum atomic E-state index is 13.1. The first-order valence-electron chi connectivity index (χ1n) is 10.4. The Balaban J connectivity index is 2.13. The molecule has 2 fully saturated rings. The van der Waals surface area contributed by atoms with Gasteiger partial charge in [-0.05, 0) is 32.1 Å². The van der Waals surface area contributed by atoms with Crippen molar-refractivity contribution in [3.05, 3.63) is 0 Å². The Hall–Kier alpha value is -3.22. The summed E-state index contributed by atoms with van der Waals surface area (Å²) in [4.78, 5) is 74.1. The zero-order valence-corrected chi connectivity index (χ0v) is 17.4. The maximum Gasteiger partial charge on any atom is 0.326 e. The summed E-state index contributed by atoms with van der Waals surface area (Å²) in [6, 6.07) is -4.68. The molecule has 4 unspecified atom stereocenters. The molecule has 0 radical (unpaired) electrons. The number of rotatable bonds is 10. The zero-order chi connectivity index (χ0) is 24.0. The Bertz CT molecular complexity index is 787. The molecule has 0 aromatic rings. The van der Waals surface area contributed by atoms with Gasteiger partial charge in [-0.1, -0.05) is 0 Å². The SMILES string of the molecule is NC(CCC(=O)O)C(=O)NC(CC(=O)O)C(=O)N1CCCC1C(=O)N1CCCC1C(=O)O. The number of aliphatic carboxylic acids is 3. The third-order valence-corrected chi connectivity index (χ3v) is 5.64. The molecule has 2 heterocycles. The van der Waals surface area contributed by atoms with E-state index in [1.807, 2.05) is 0 Å². The quantitative estimate of drug-likeness (QED) is 0.249. The molecular formula is C19H28N4O9. The largest absolute Gasteiger partial charge is 0.481 e. The summed E-state index contributed by atoms with van der Waals surface area (Å²) in [5.74, 6) is -5.83. The lowest BCUT2D eigenvalue weighted by Crippen LogP contribution is -2.57. The number of carboxylic acid groups (broad SMARTS) is 3. The molecule has 178 valence electrons. The summed E-state index contributed by atoms with van der Waals surface area (Å²) >= 11 is 0. The van der Waals surface area contributed by atoms with Gasteiger partial charge in [0.2, 0.25) is 17.7 Å². The lowest BCUT2D eigenvalue weighted by atomic mass is 10.1. The number of nitrogens with zero attached hydrogens (tertiary/aromatic N) is 2. The van der Waals surface area contributed by atoms with Gasteiger partial charge in [0.05, 0.1) is 12.5 Å². The lowest BCUT2D eigenvalue weighted by Gasteiger charge is -2.32. The van der Waals surface area contributed by atoms with Gasteiger partial charge in [0.1, 0.15) is 18.1 Å². The van der Waals surface area contributed by atoms with Crippen molar-refractivity contribution in [2.75, 3.05) is 13.1 Å². The van der Waals surface area contributed by atoms with E-state index < -0.39 is 66.2 Å². The molecule has 4 atom stereocenters. The number of carboxylic acids is 3. The molecule has 0 aliphatic carbocycles. The van der Waals surface area contributed by atoms with Crippen LogP contribution < -0.4 is 11.1 Å². The van der Waals surface area contributed by atoms with Crippen molar-refractivity contribution in [2.24, 2.45) is 5.73 Å². The third-order valence-electron chi connectivity index (χ3n) is 5.64. The fourth-order valence-electron chi connectivity index (χ4n) is 4.03. The molecular weight excluding hydrogens is 428 g/mol. The smallest absolute Gasteiger partial charge is 0.326 e. The molecule has 0 aromatic carbocycles. The van der Waals surface area contributed by atoms with Crippen LogP contribution in [0.25, 0.3) is 0 Å². The molecule has 13 heteroatoms. The molecule has 2 saturated heterocycles. The third kappa shape index (κ3) is 6.15. The van der Waals surface area contributed by atoms with E-state index in [4.69, 9.17) is 10.8 Å². The number of carbonyl (C=O) groups excluding carboxylic acids is 3. The summed E-state index contributed by atoms with van der Waals surface area (Å²) in [5.41, 5.74) is 5.64. The number of amides is 3. The monoisotopic (exact) mass is 456 g/mol. The molecule has 0 aromatic heterocycles. The van der Waals surface area contributed by atoms with Crippen molar-refractivity contribution in [1.29, 1.82) is 0 Å². The van der Waals surface area contributed by atoms with Crippen LogP contribution in [-0.2, 0) is 28.8 Å². The van der Waals surface area contributed by atoms with E-state index in [1.165, 1.54) is 9.80 Å². The van der Waals surface area contributed by atoms with Gasteiger partial charge in [0, 0.05) is 19.5 Å². The summed E-state index contributed by atoms with van der Waals surface area (Å²) in [7, 11) is 0. The molecule has 32 heavy (non-hydrogen) atoms. The van der Waals surface area contributed by atoms with Crippen molar-refractivity contribution < 1.29 is 44.1 Å². The zero-order valence-electron chi connectivity index (χ0n) is 17.4. The van der Waals surface area contributed by atoms with Crippen LogP contribution >= 0.6 is 0 Å². The van der Waals surface area contributed by atoms with Crippen molar-refractivity contribution in [3.63, 3.8) is 0 Å². The van der Waals surface area contributed by atoms with Crippen LogP contribution in [0, 0.1) is 0 Å². The first-order chi connectivity index (χ1) is 15.0. The highest BCUT2D eigenvalue weighted by Gasteiger charge is 2.43. The van der Waals surface area contributed by atoms with Crippen LogP contribution in [0.3, 0.4) is 0 Å². The Morgan fingerprint density at radius 1 is 0.906 bits per heavy atom. The predicted octanol–water partition coefficient (Wildman–Crippen LogP) is -1.80. The van der Waals surface area contributed by atoms with Gasteiger partial charge in [-0.25, -0.2) is 4.79 Å². The average Bonchev–Trinajstić information content (AvgIpc) is 3.39. The van der Waals surface area contributed by atoms with E-state index >= 15 is 0 Å². The van der Waals surface area contributed by atoms with Gasteiger partial charge in [-0.2, -0.15) is 0 Å². The Labute approximate surface area is 183 Å². The Kier molecular flexibility index (Phi) is 8.52. The second kappa shape index (κ2) is 10.9. The van der Waals surface area contributed by atoms with E-state index in [1.54, 1.807) is 0 Å². The average molecular weight is 456 g/mol. The van der Waals surface area contributed by atoms with Crippen LogP contribution in [0.2, 0.25) is 0 Å². The lowest BCUT2D eigenvalue weighted by molar-refractivity contribution is -0.153. The second-order valence-electron chi connectivity index (χ2n) is 7.92. The van der Waals surface area contributed by atoms with E-state index in [0.717, 1.165) is 0 Å². The molecule has 2 aliphatic rings. The van der Waals surface area contributed by atoms with Crippen LogP contribution in [0.15, 0.2) is 0 Å². The maximum absolute atomic E-state index is 13.1. The topological polar surface area (TPSA) is 208 Å². The highest BCUT2D eigenvalue weighted by molar-refractivity contribution is 5.96. The minimum atomic E-state index is -1.50. The standard InChI is InChI=1S/C19H28N4O9/c20-10(5-6-14(24)25)16(28)21-11(9-15(26)27)17(29)22-7-1-3-12(22)18(30)23-8-2-4-13(23)19(31)32/h10-13H,1-9,20H2,(H,21,28)(H,24,25)(H,26,27)(H,31,32). The van der Waals surface area contributed by atoms with Gasteiger partial charge in [-0.15, -0.1) is 0 Å². The van der Waals surface area contributed by atoms with Crippen LogP contribution in [0.5, 0.6) is 0 Å². The van der Waals surface area contributed by atoms with Crippen molar-refractivity contribution in [2.45, 2.75) is 69.1 Å². The second-order valence-corrected chi connectivity index (χ2v) is 7.92. The van der Waals surface area contributed by atoms with Crippen LogP contribution in [0.4, 0.5) is 0 Å². The Morgan fingerprint density at radius 2 is 1.50 bits per heavy atom. The number of hydrogen-bond donors (Lipinski definition) is 5. The Morgan fingerprint density at radius 3 is 2.06 bits per heavy atom. The number of nitrogens with two attached hydrogens (primary N) is 1. The highest BCUT2D eigenvalue weighted by atomic mass is 16.4. The van der Waals surface area contributed by atoms with Crippen molar-refractivity contribution in [3.8, 4) is 0 Å². The van der Waals surface area contributed by atoms with Crippen molar-refractivity contribution in [1.82, 2.24) is 15.1 Å². The van der Waals surface area contributed by atoms with Gasteiger partial charge in [-0.3, -0.25) is 24.0 Å². The first kappa shape index (κ1) is 25.0. The molecule has 0 bridgehead atoms. The van der Waals surface area contributed by atoms with E-state index in [9.17, 15) is 39.0 Å². The predicted molar refractivity (Wildman–Crippen MR) is 106 cm³/mol. The number of nitrogens with one attached hydrogen (secondary N) is 1. The fraction of sp³-hybridized carbons (Fsp3) is 0.684. The van der Waals surface area contributed by atoms with Gasteiger partial charge in [0.25, 0.3) is 0 Å². The van der Waals surface area contributed by atoms with Crippen LogP contribution in [0.1, 0.15) is 44.9 Å². The normalized spacial score (nSPS) is 22.3. The summed E-state index contributed by atoms with van der Waals surface area (Å²) < 4.78 is 0. The molecule has 0 spiro atoms. The van der Waals surface area contributed by atoms with E-state index in [2.05, 4.69) is 5.32 Å². The molecule has 2 rings (SSSR count). The van der Waals surface area contributed by atoms with Crippen molar-refractivity contribution >= 4 is 35.6 Å². The summed E-state index contributed by atoms with van der Waals surface area (Å²) in [6.07, 6.45) is 0.248. The molecule has 0 saturated carbocycles. The molecule has 3 amide bonds. The minimum Gasteiger partial charge on any atom is -0.481 e. The molecule has 2 aliphatic heterocycles. The summed E-state index contributed by atoms with van der Waals surface area (Å²) in [5, 5.41) is 29.5. The van der Waals surface area contributed by atoms with E-state index in [-0.39, 0.29) is 25.9 Å². The van der Waals surface area contributed by atoms with Gasteiger partial charge >= 0.3 is 17.9 Å². The van der Waals surface area contributed by atoms with Gasteiger partial charge < -0.3 is 36.2 Å². The molecule has 13 nitrogen and oxygen atoms in total. The van der Waals surface area contributed by atoms with Gasteiger partial charge in [0.15, 0.2) is 0 Å². The first-order valence-corrected chi connectivity index (χ1v) is 10.4. The number of likely N-dealkylation sites (tertiary alicyclic amines) is 2. The highest BCUT2D eigenvalue weighted by Crippen LogP contribution is 2.25. The molecule has 6 N–H and O–H groups in total. The fourth-order valence-corrected chi connectivity index (χ4v) is 4.03. The number of hydrogen-bond acceptors (Lipinski definition) is 7. The minimum absolute atomic E-state index is 0.151.